The van der Waals surface area contributed by atoms with Crippen LogP contribution in [0.25, 0.3) is 10.6 Å². The lowest BCUT2D eigenvalue weighted by molar-refractivity contribution is 0.0585. The topological polar surface area (TPSA) is 71.5 Å². The smallest absolute Gasteiger partial charge is 0.270 e. The maximum atomic E-state index is 12.2. The average molecular weight is 334 g/mol. The molecule has 0 fully saturated rings. The minimum atomic E-state index is -0.612. The van der Waals surface area contributed by atoms with E-state index in [2.05, 4.69) is 10.3 Å². The van der Waals surface area contributed by atoms with Crippen LogP contribution in [0.4, 0.5) is 0 Å². The predicted molar refractivity (Wildman–Crippen MR) is 91.9 cm³/mol. The van der Waals surface area contributed by atoms with Crippen LogP contribution < -0.4 is 10.1 Å². The lowest BCUT2D eigenvalue weighted by atomic mass is 9.89. The highest BCUT2D eigenvalue weighted by Gasteiger charge is 2.23. The summed E-state index contributed by atoms with van der Waals surface area (Å²) in [6.07, 6.45) is -0.612. The number of hydrogen-bond donors (Lipinski definition) is 2. The average Bonchev–Trinajstić information content (AvgIpc) is 3.01. The summed E-state index contributed by atoms with van der Waals surface area (Å²) in [6, 6.07) is 7.55. The van der Waals surface area contributed by atoms with Crippen LogP contribution in [0.2, 0.25) is 0 Å². The van der Waals surface area contributed by atoms with E-state index in [1.807, 2.05) is 45.0 Å². The number of benzene rings is 1. The number of rotatable bonds is 5. The molecule has 0 aliphatic carbocycles. The van der Waals surface area contributed by atoms with Gasteiger partial charge in [0, 0.05) is 11.9 Å². The second-order valence-corrected chi connectivity index (χ2v) is 7.19. The number of aliphatic hydroxyl groups is 1. The van der Waals surface area contributed by atoms with Crippen molar-refractivity contribution in [3.8, 4) is 16.3 Å². The molecular formula is C17H22N2O3S. The highest BCUT2D eigenvalue weighted by Crippen LogP contribution is 2.31. The summed E-state index contributed by atoms with van der Waals surface area (Å²) in [7, 11) is 1.61. The number of thiazole rings is 1. The first-order valence-corrected chi connectivity index (χ1v) is 8.26. The van der Waals surface area contributed by atoms with Gasteiger partial charge in [0.2, 0.25) is 0 Å². The fourth-order valence-electron chi connectivity index (χ4n) is 1.91. The summed E-state index contributed by atoms with van der Waals surface area (Å²) in [6.45, 7) is 5.97. The number of ether oxygens (including phenoxy) is 1. The van der Waals surface area contributed by atoms with Crippen LogP contribution in [0.5, 0.6) is 5.75 Å². The van der Waals surface area contributed by atoms with Crippen molar-refractivity contribution < 1.29 is 14.6 Å². The lowest BCUT2D eigenvalue weighted by Gasteiger charge is -2.25. The highest BCUT2D eigenvalue weighted by molar-refractivity contribution is 7.13. The first-order chi connectivity index (χ1) is 10.8. The molecule has 2 rings (SSSR count). The van der Waals surface area contributed by atoms with E-state index in [4.69, 9.17) is 4.74 Å². The third-order valence-electron chi connectivity index (χ3n) is 3.53. The summed E-state index contributed by atoms with van der Waals surface area (Å²) in [4.78, 5) is 16.5. The molecule has 1 aromatic carbocycles. The minimum Gasteiger partial charge on any atom is -0.496 e. The summed E-state index contributed by atoms with van der Waals surface area (Å²) in [5.74, 6) is 0.433. The van der Waals surface area contributed by atoms with E-state index in [1.54, 1.807) is 12.5 Å². The van der Waals surface area contributed by atoms with Crippen molar-refractivity contribution >= 4 is 17.2 Å². The number of aromatic nitrogens is 1. The van der Waals surface area contributed by atoms with Gasteiger partial charge in [0.15, 0.2) is 0 Å². The zero-order valence-electron chi connectivity index (χ0n) is 13.8. The second-order valence-electron chi connectivity index (χ2n) is 6.33. The third-order valence-corrected chi connectivity index (χ3v) is 4.41. The van der Waals surface area contributed by atoms with E-state index < -0.39 is 6.10 Å². The van der Waals surface area contributed by atoms with E-state index in [9.17, 15) is 9.90 Å². The number of carbonyl (C=O) groups is 1. The van der Waals surface area contributed by atoms with Gasteiger partial charge in [0.1, 0.15) is 16.5 Å². The van der Waals surface area contributed by atoms with Gasteiger partial charge in [-0.25, -0.2) is 4.98 Å². The van der Waals surface area contributed by atoms with Crippen molar-refractivity contribution in [1.29, 1.82) is 0 Å². The maximum absolute atomic E-state index is 12.2. The number of nitrogens with one attached hydrogen (secondary N) is 1. The molecule has 0 bridgehead atoms. The van der Waals surface area contributed by atoms with Gasteiger partial charge in [-0.3, -0.25) is 4.79 Å². The number of aliphatic hydroxyl groups excluding tert-OH is 1. The van der Waals surface area contributed by atoms with Crippen LogP contribution >= 0.6 is 11.3 Å². The SMILES string of the molecule is COc1ccccc1-c1nc(C(=O)NCC(O)C(C)(C)C)cs1. The van der Waals surface area contributed by atoms with Gasteiger partial charge >= 0.3 is 0 Å². The number of amides is 1. The number of hydrogen-bond acceptors (Lipinski definition) is 5. The lowest BCUT2D eigenvalue weighted by Crippen LogP contribution is -2.39. The van der Waals surface area contributed by atoms with Gasteiger partial charge < -0.3 is 15.2 Å². The Labute approximate surface area is 140 Å². The van der Waals surface area contributed by atoms with Gasteiger partial charge in [-0.15, -0.1) is 11.3 Å². The van der Waals surface area contributed by atoms with Crippen LogP contribution in [0.15, 0.2) is 29.6 Å². The van der Waals surface area contributed by atoms with Crippen LogP contribution in [0.3, 0.4) is 0 Å². The van der Waals surface area contributed by atoms with Crippen molar-refractivity contribution in [3.63, 3.8) is 0 Å². The Hall–Kier alpha value is -1.92. The first-order valence-electron chi connectivity index (χ1n) is 7.38. The summed E-state index contributed by atoms with van der Waals surface area (Å²) in [5, 5.41) is 15.1. The molecule has 0 saturated heterocycles. The van der Waals surface area contributed by atoms with E-state index in [0.717, 1.165) is 16.3 Å². The molecule has 124 valence electrons. The van der Waals surface area contributed by atoms with Gasteiger partial charge in [-0.05, 0) is 17.5 Å². The number of nitrogens with zero attached hydrogens (tertiary/aromatic N) is 1. The standard InChI is InChI=1S/C17H22N2O3S/c1-17(2,3)14(20)9-18-15(21)12-10-23-16(19-12)11-7-5-6-8-13(11)22-4/h5-8,10,14,20H,9H2,1-4H3,(H,18,21). The van der Waals surface area contributed by atoms with Crippen LogP contribution in [-0.4, -0.2) is 35.8 Å². The minimum absolute atomic E-state index is 0.198. The molecule has 6 heteroatoms. The zero-order valence-corrected chi connectivity index (χ0v) is 14.6. The number of para-hydroxylation sites is 1. The molecule has 0 aliphatic heterocycles. The van der Waals surface area contributed by atoms with Crippen LogP contribution in [-0.2, 0) is 0 Å². The Morgan fingerprint density at radius 3 is 2.74 bits per heavy atom. The van der Waals surface area contributed by atoms with Crippen LogP contribution in [0.1, 0.15) is 31.3 Å². The molecule has 1 unspecified atom stereocenters. The molecule has 5 nitrogen and oxygen atoms in total. The van der Waals surface area contributed by atoms with Crippen molar-refractivity contribution in [1.82, 2.24) is 10.3 Å². The van der Waals surface area contributed by atoms with Crippen LogP contribution in [0, 0.1) is 5.41 Å². The van der Waals surface area contributed by atoms with Gasteiger partial charge in [0.05, 0.1) is 18.8 Å². The molecule has 0 aliphatic rings. The number of carbonyl (C=O) groups excluding carboxylic acids is 1. The molecule has 2 aromatic rings. The van der Waals surface area contributed by atoms with E-state index in [-0.39, 0.29) is 17.9 Å². The Morgan fingerprint density at radius 1 is 1.39 bits per heavy atom. The predicted octanol–water partition coefficient (Wildman–Crippen LogP) is 2.96. The second kappa shape index (κ2) is 7.10. The number of methoxy groups -OCH3 is 1. The largest absolute Gasteiger partial charge is 0.496 e. The maximum Gasteiger partial charge on any atom is 0.270 e. The Bertz CT molecular complexity index is 676. The van der Waals surface area contributed by atoms with Gasteiger partial charge in [-0.2, -0.15) is 0 Å². The Morgan fingerprint density at radius 2 is 2.09 bits per heavy atom. The molecule has 1 heterocycles. The molecule has 23 heavy (non-hydrogen) atoms. The molecule has 0 radical (unpaired) electrons. The normalized spacial score (nSPS) is 12.7. The molecule has 2 N–H and O–H groups in total. The van der Waals surface area contributed by atoms with Gasteiger partial charge in [0.25, 0.3) is 5.91 Å². The van der Waals surface area contributed by atoms with Crippen molar-refractivity contribution in [2.75, 3.05) is 13.7 Å². The Balaban J connectivity index is 2.08. The molecule has 0 spiro atoms. The highest BCUT2D eigenvalue weighted by atomic mass is 32.1. The fraction of sp³-hybridized carbons (Fsp3) is 0.412. The van der Waals surface area contributed by atoms with E-state index in [0.29, 0.717) is 5.69 Å². The fourth-order valence-corrected chi connectivity index (χ4v) is 2.74. The molecule has 1 atom stereocenters. The van der Waals surface area contributed by atoms with E-state index in [1.165, 1.54) is 11.3 Å². The summed E-state index contributed by atoms with van der Waals surface area (Å²) < 4.78 is 5.32. The molecular weight excluding hydrogens is 312 g/mol. The monoisotopic (exact) mass is 334 g/mol. The van der Waals surface area contributed by atoms with Gasteiger partial charge in [-0.1, -0.05) is 32.9 Å². The third kappa shape index (κ3) is 4.30. The van der Waals surface area contributed by atoms with E-state index >= 15 is 0 Å². The zero-order chi connectivity index (χ0) is 17.0. The van der Waals surface area contributed by atoms with Crippen molar-refractivity contribution in [2.45, 2.75) is 26.9 Å². The summed E-state index contributed by atoms with van der Waals surface area (Å²) >= 11 is 1.39. The molecule has 1 amide bonds. The first kappa shape index (κ1) is 17.4. The Kier molecular flexibility index (Phi) is 5.38. The summed E-state index contributed by atoms with van der Waals surface area (Å²) in [5.41, 5.74) is 0.920. The van der Waals surface area contributed by atoms with Crippen molar-refractivity contribution in [2.24, 2.45) is 5.41 Å². The molecule has 1 aromatic heterocycles. The van der Waals surface area contributed by atoms with Crippen molar-refractivity contribution in [3.05, 3.63) is 35.3 Å². The molecule has 0 saturated carbocycles. The quantitative estimate of drug-likeness (QED) is 0.882.